The van der Waals surface area contributed by atoms with Crippen LogP contribution in [-0.4, -0.2) is 22.5 Å². The van der Waals surface area contributed by atoms with Crippen molar-refractivity contribution in [3.63, 3.8) is 0 Å². The Morgan fingerprint density at radius 3 is 2.10 bits per heavy atom. The predicted octanol–water partition coefficient (Wildman–Crippen LogP) is 3.95. The first-order valence-electron chi connectivity index (χ1n) is 7.38. The molecule has 0 saturated carbocycles. The van der Waals surface area contributed by atoms with Gasteiger partial charge in [0.05, 0.1) is 20.7 Å². The molecule has 0 aliphatic carbocycles. The molecule has 0 amide bonds. The van der Waals surface area contributed by atoms with Crippen molar-refractivity contribution in [2.75, 3.05) is 7.05 Å². The van der Waals surface area contributed by atoms with Crippen LogP contribution in [0.25, 0.3) is 0 Å². The minimum atomic E-state index is -2.56. The fraction of sp³-hybridized carbons (Fsp3) is 0.529. The van der Waals surface area contributed by atoms with Crippen LogP contribution in [0.4, 0.5) is 0 Å². The lowest BCUT2D eigenvalue weighted by atomic mass is 9.85. The molecule has 0 radical (unpaired) electrons. The Labute approximate surface area is 129 Å². The van der Waals surface area contributed by atoms with Crippen LogP contribution < -0.4 is 0 Å². The molecule has 0 spiro atoms. The second-order valence-corrected chi connectivity index (χ2v) is 8.19. The first-order chi connectivity index (χ1) is 9.81. The Kier molecular flexibility index (Phi) is 6.62. The molecule has 0 saturated heterocycles. The monoisotopic (exact) mass is 309 g/mol. The van der Waals surface area contributed by atoms with Gasteiger partial charge in [0.2, 0.25) is 0 Å². The van der Waals surface area contributed by atoms with E-state index in [9.17, 15) is 9.32 Å². The molecule has 3 nitrogen and oxygen atoms in total. The van der Waals surface area contributed by atoms with Gasteiger partial charge in [-0.3, -0.25) is 0 Å². The predicted molar refractivity (Wildman–Crippen MR) is 89.5 cm³/mol. The summed E-state index contributed by atoms with van der Waals surface area (Å²) in [6.07, 6.45) is 1.43. The second kappa shape index (κ2) is 7.76. The van der Waals surface area contributed by atoms with Crippen molar-refractivity contribution in [2.45, 2.75) is 38.7 Å². The van der Waals surface area contributed by atoms with Gasteiger partial charge in [0, 0.05) is 18.4 Å². The van der Waals surface area contributed by atoms with Crippen molar-refractivity contribution in [3.8, 4) is 0 Å². The molecule has 118 valence electrons. The zero-order valence-electron chi connectivity index (χ0n) is 13.6. The zero-order chi connectivity index (χ0) is 16.0. The average Bonchev–Trinajstić information content (AvgIpc) is 2.47. The maximum atomic E-state index is 12.9. The molecule has 0 heterocycles. The van der Waals surface area contributed by atoms with Crippen LogP contribution in [0.5, 0.6) is 0 Å². The average molecular weight is 309 g/mol. The van der Waals surface area contributed by atoms with Crippen LogP contribution >= 0.6 is 0 Å². The van der Waals surface area contributed by atoms with Crippen molar-refractivity contribution in [1.82, 2.24) is 0 Å². The standard InChI is InChI=1S/C17H27NO2S/c1-13(2)16(17(19)14(3)4)11-12-21(20,18-5)15-9-7-6-8-10-15/h6-14,16-17,19H,1-5H3/b12-11-/t16-,17-,21?/m0/s1. The first kappa shape index (κ1) is 17.9. The summed E-state index contributed by atoms with van der Waals surface area (Å²) >= 11 is 0. The Balaban J connectivity index is 3.12. The fourth-order valence-corrected chi connectivity index (χ4v) is 3.66. The van der Waals surface area contributed by atoms with E-state index in [1.165, 1.54) is 0 Å². The largest absolute Gasteiger partial charge is 0.392 e. The highest BCUT2D eigenvalue weighted by Gasteiger charge is 2.23. The Morgan fingerprint density at radius 1 is 1.10 bits per heavy atom. The van der Waals surface area contributed by atoms with E-state index >= 15 is 0 Å². The van der Waals surface area contributed by atoms with Gasteiger partial charge in [0.15, 0.2) is 0 Å². The summed E-state index contributed by atoms with van der Waals surface area (Å²) in [6.45, 7) is 8.11. The third-order valence-corrected chi connectivity index (χ3v) is 5.70. The zero-order valence-corrected chi connectivity index (χ0v) is 14.4. The summed E-state index contributed by atoms with van der Waals surface area (Å²) in [5.74, 6) is 0.402. The summed E-state index contributed by atoms with van der Waals surface area (Å²) in [5.41, 5.74) is 0. The summed E-state index contributed by atoms with van der Waals surface area (Å²) in [6, 6.07) is 9.25. The van der Waals surface area contributed by atoms with Gasteiger partial charge in [-0.25, -0.2) is 8.57 Å². The van der Waals surface area contributed by atoms with Crippen LogP contribution in [0.1, 0.15) is 27.7 Å². The minimum Gasteiger partial charge on any atom is -0.392 e. The van der Waals surface area contributed by atoms with Gasteiger partial charge in [0.25, 0.3) is 0 Å². The van der Waals surface area contributed by atoms with Gasteiger partial charge >= 0.3 is 0 Å². The van der Waals surface area contributed by atoms with Crippen molar-refractivity contribution in [3.05, 3.63) is 41.8 Å². The molecule has 0 fully saturated rings. The number of benzene rings is 1. The quantitative estimate of drug-likeness (QED) is 0.865. The number of aliphatic hydroxyl groups is 1. The van der Waals surface area contributed by atoms with Gasteiger partial charge in [-0.15, -0.1) is 0 Å². The Hall–Kier alpha value is -1.13. The van der Waals surface area contributed by atoms with E-state index in [-0.39, 0.29) is 17.8 Å². The number of hydrogen-bond donors (Lipinski definition) is 1. The van der Waals surface area contributed by atoms with Crippen LogP contribution in [0.2, 0.25) is 0 Å². The molecule has 0 bridgehead atoms. The molecule has 1 aromatic rings. The number of hydrogen-bond acceptors (Lipinski definition) is 3. The Morgan fingerprint density at radius 2 is 1.67 bits per heavy atom. The van der Waals surface area contributed by atoms with Gasteiger partial charge in [0.1, 0.15) is 0 Å². The van der Waals surface area contributed by atoms with E-state index in [0.29, 0.717) is 4.90 Å². The van der Waals surface area contributed by atoms with E-state index in [2.05, 4.69) is 18.2 Å². The smallest absolute Gasteiger partial charge is 0.0963 e. The molecule has 3 atom stereocenters. The summed E-state index contributed by atoms with van der Waals surface area (Å²) in [7, 11) is -0.988. The van der Waals surface area contributed by atoms with Crippen molar-refractivity contribution in [1.29, 1.82) is 0 Å². The molecule has 0 aromatic heterocycles. The minimum absolute atomic E-state index is 0.0312. The van der Waals surface area contributed by atoms with Gasteiger partial charge < -0.3 is 5.11 Å². The van der Waals surface area contributed by atoms with E-state index in [0.717, 1.165) is 0 Å². The molecule has 1 aromatic carbocycles. The molecule has 1 N–H and O–H groups in total. The maximum Gasteiger partial charge on any atom is 0.0963 e. The van der Waals surface area contributed by atoms with E-state index < -0.39 is 15.8 Å². The number of rotatable bonds is 6. The van der Waals surface area contributed by atoms with E-state index in [1.54, 1.807) is 12.5 Å². The van der Waals surface area contributed by atoms with Crippen molar-refractivity contribution < 1.29 is 9.32 Å². The van der Waals surface area contributed by atoms with Crippen molar-refractivity contribution in [2.24, 2.45) is 22.1 Å². The van der Waals surface area contributed by atoms with Crippen LogP contribution in [0, 0.1) is 17.8 Å². The highest BCUT2D eigenvalue weighted by atomic mass is 32.2. The molecule has 1 unspecified atom stereocenters. The van der Waals surface area contributed by atoms with E-state index in [1.807, 2.05) is 50.3 Å². The van der Waals surface area contributed by atoms with Crippen LogP contribution in [0.3, 0.4) is 0 Å². The highest BCUT2D eigenvalue weighted by molar-refractivity contribution is 7.96. The maximum absolute atomic E-state index is 12.9. The Bertz CT molecular complexity index is 570. The number of aliphatic hydroxyl groups excluding tert-OH is 1. The third kappa shape index (κ3) is 4.68. The van der Waals surface area contributed by atoms with Crippen molar-refractivity contribution >= 4 is 9.73 Å². The molecular formula is C17H27NO2S. The topological polar surface area (TPSA) is 49.7 Å². The molecule has 0 aliphatic rings. The second-order valence-electron chi connectivity index (χ2n) is 5.95. The normalized spacial score (nSPS) is 17.9. The van der Waals surface area contributed by atoms with Gasteiger partial charge in [-0.2, -0.15) is 0 Å². The molecular weight excluding hydrogens is 282 g/mol. The van der Waals surface area contributed by atoms with Gasteiger partial charge in [-0.05, 0) is 24.0 Å². The summed E-state index contributed by atoms with van der Waals surface area (Å²) in [4.78, 5) is 0.699. The lowest BCUT2D eigenvalue weighted by Crippen LogP contribution is -2.28. The highest BCUT2D eigenvalue weighted by Crippen LogP contribution is 2.24. The third-order valence-electron chi connectivity index (χ3n) is 3.68. The summed E-state index contributed by atoms with van der Waals surface area (Å²) < 4.78 is 17.0. The summed E-state index contributed by atoms with van der Waals surface area (Å²) in [5, 5.41) is 12.0. The van der Waals surface area contributed by atoms with E-state index in [4.69, 9.17) is 0 Å². The first-order valence-corrected chi connectivity index (χ1v) is 8.96. The lowest BCUT2D eigenvalue weighted by Gasteiger charge is -2.26. The molecule has 21 heavy (non-hydrogen) atoms. The molecule has 1 rings (SSSR count). The van der Waals surface area contributed by atoms with Gasteiger partial charge in [-0.1, -0.05) is 52.0 Å². The molecule has 4 heteroatoms. The fourth-order valence-electron chi connectivity index (χ4n) is 2.23. The molecule has 0 aliphatic heterocycles. The lowest BCUT2D eigenvalue weighted by molar-refractivity contribution is 0.0652. The SMILES string of the molecule is CN=S(=O)(/C=C\[C@@H](C(C)C)[C@@H](O)C(C)C)c1ccccc1. The number of nitrogens with zero attached hydrogens (tertiary/aromatic N) is 1. The van der Waals surface area contributed by atoms with Crippen LogP contribution in [-0.2, 0) is 9.73 Å². The van der Waals surface area contributed by atoms with Crippen LogP contribution in [0.15, 0.2) is 51.1 Å².